The van der Waals surface area contributed by atoms with E-state index in [-0.39, 0.29) is 0 Å². The van der Waals surface area contributed by atoms with E-state index >= 15 is 0 Å². The summed E-state index contributed by atoms with van der Waals surface area (Å²) >= 11 is 0. The molecule has 2 N–H and O–H groups in total. The van der Waals surface area contributed by atoms with E-state index in [2.05, 4.69) is 25.5 Å². The van der Waals surface area contributed by atoms with E-state index in [1.165, 1.54) is 0 Å². The van der Waals surface area contributed by atoms with E-state index in [1.807, 2.05) is 45.3 Å². The SMILES string of the molecule is COc1ccc(CCNc2nc(C)cc(NCCN(C)C)n2)cc1OC. The van der Waals surface area contributed by atoms with Crippen LogP contribution in [-0.2, 0) is 6.42 Å². The maximum absolute atomic E-state index is 5.35. The molecule has 7 heteroatoms. The molecule has 0 unspecified atom stereocenters. The van der Waals surface area contributed by atoms with Gasteiger partial charge in [-0.1, -0.05) is 6.07 Å². The summed E-state index contributed by atoms with van der Waals surface area (Å²) in [7, 11) is 7.38. The molecule has 1 heterocycles. The second-order valence-electron chi connectivity index (χ2n) is 6.31. The molecule has 0 atom stereocenters. The van der Waals surface area contributed by atoms with Gasteiger partial charge in [-0.25, -0.2) is 4.98 Å². The number of hydrogen-bond donors (Lipinski definition) is 2. The van der Waals surface area contributed by atoms with Gasteiger partial charge in [0.1, 0.15) is 5.82 Å². The van der Waals surface area contributed by atoms with Crippen molar-refractivity contribution in [2.75, 3.05) is 58.6 Å². The van der Waals surface area contributed by atoms with Crippen molar-refractivity contribution in [3.05, 3.63) is 35.5 Å². The molecular weight excluding hydrogens is 330 g/mol. The fourth-order valence-corrected chi connectivity index (χ4v) is 2.50. The number of benzene rings is 1. The Morgan fingerprint density at radius 2 is 1.73 bits per heavy atom. The van der Waals surface area contributed by atoms with Crippen molar-refractivity contribution in [1.82, 2.24) is 14.9 Å². The van der Waals surface area contributed by atoms with E-state index < -0.39 is 0 Å². The lowest BCUT2D eigenvalue weighted by molar-refractivity contribution is 0.354. The van der Waals surface area contributed by atoms with Crippen molar-refractivity contribution < 1.29 is 9.47 Å². The number of methoxy groups -OCH3 is 2. The van der Waals surface area contributed by atoms with Crippen LogP contribution in [0.1, 0.15) is 11.3 Å². The van der Waals surface area contributed by atoms with Crippen molar-refractivity contribution in [1.29, 1.82) is 0 Å². The van der Waals surface area contributed by atoms with Gasteiger partial charge in [0.05, 0.1) is 14.2 Å². The second-order valence-corrected chi connectivity index (χ2v) is 6.31. The number of ether oxygens (including phenoxy) is 2. The third-order valence-corrected chi connectivity index (χ3v) is 3.86. The van der Waals surface area contributed by atoms with Gasteiger partial charge in [0.2, 0.25) is 5.95 Å². The summed E-state index contributed by atoms with van der Waals surface area (Å²) in [4.78, 5) is 11.1. The standard InChI is InChI=1S/C19H29N5O2/c1-14-12-18(20-10-11-24(2)3)23-19(22-14)21-9-8-15-6-7-16(25-4)17(13-15)26-5/h6-7,12-13H,8-11H2,1-5H3,(H2,20,21,22,23). The molecule has 2 aromatic rings. The Hall–Kier alpha value is -2.54. The highest BCUT2D eigenvalue weighted by Crippen LogP contribution is 2.27. The first-order chi connectivity index (χ1) is 12.5. The van der Waals surface area contributed by atoms with E-state index in [4.69, 9.17) is 9.47 Å². The van der Waals surface area contributed by atoms with Crippen molar-refractivity contribution in [2.24, 2.45) is 0 Å². The molecule has 1 aromatic heterocycles. The third kappa shape index (κ3) is 6.07. The minimum Gasteiger partial charge on any atom is -0.493 e. The highest BCUT2D eigenvalue weighted by Gasteiger charge is 2.06. The molecule has 0 spiro atoms. The molecule has 0 aliphatic carbocycles. The molecular formula is C19H29N5O2. The number of rotatable bonds is 10. The van der Waals surface area contributed by atoms with Crippen LogP contribution in [0.2, 0.25) is 0 Å². The van der Waals surface area contributed by atoms with E-state index in [0.29, 0.717) is 5.95 Å². The number of nitrogens with zero attached hydrogens (tertiary/aromatic N) is 3. The number of hydrogen-bond acceptors (Lipinski definition) is 7. The molecule has 26 heavy (non-hydrogen) atoms. The number of nitrogens with one attached hydrogen (secondary N) is 2. The summed E-state index contributed by atoms with van der Waals surface area (Å²) in [6.07, 6.45) is 0.834. The Morgan fingerprint density at radius 3 is 2.42 bits per heavy atom. The Bertz CT molecular complexity index is 706. The molecule has 0 aliphatic rings. The van der Waals surface area contributed by atoms with Gasteiger partial charge in [-0.05, 0) is 45.1 Å². The fraction of sp³-hybridized carbons (Fsp3) is 0.474. The molecule has 0 saturated carbocycles. The van der Waals surface area contributed by atoms with Crippen molar-refractivity contribution in [3.8, 4) is 11.5 Å². The van der Waals surface area contributed by atoms with Gasteiger partial charge in [0.25, 0.3) is 0 Å². The molecule has 2 rings (SSSR count). The van der Waals surface area contributed by atoms with Crippen LogP contribution in [0, 0.1) is 6.92 Å². The molecule has 0 bridgehead atoms. The van der Waals surface area contributed by atoms with Crippen LogP contribution in [0.5, 0.6) is 11.5 Å². The zero-order valence-electron chi connectivity index (χ0n) is 16.3. The van der Waals surface area contributed by atoms with Gasteiger partial charge < -0.3 is 25.0 Å². The first kappa shape index (κ1) is 19.8. The molecule has 0 amide bonds. The highest BCUT2D eigenvalue weighted by molar-refractivity contribution is 5.44. The Balaban J connectivity index is 1.91. The number of likely N-dealkylation sites (N-methyl/N-ethyl adjacent to an activating group) is 1. The highest BCUT2D eigenvalue weighted by atomic mass is 16.5. The summed E-state index contributed by atoms with van der Waals surface area (Å²) in [6, 6.07) is 7.90. The predicted octanol–water partition coefficient (Wildman–Crippen LogP) is 2.43. The summed E-state index contributed by atoms with van der Waals surface area (Å²) in [5, 5.41) is 6.62. The second kappa shape index (κ2) is 9.82. The van der Waals surface area contributed by atoms with Gasteiger partial charge in [-0.3, -0.25) is 0 Å². The maximum atomic E-state index is 5.35. The quantitative estimate of drug-likeness (QED) is 0.675. The summed E-state index contributed by atoms with van der Waals surface area (Å²) in [5.41, 5.74) is 2.09. The van der Waals surface area contributed by atoms with E-state index in [0.717, 1.165) is 54.6 Å². The molecule has 142 valence electrons. The third-order valence-electron chi connectivity index (χ3n) is 3.86. The van der Waals surface area contributed by atoms with Crippen molar-refractivity contribution in [3.63, 3.8) is 0 Å². The minimum atomic E-state index is 0.637. The summed E-state index contributed by atoms with van der Waals surface area (Å²) < 4.78 is 10.6. The molecule has 1 aromatic carbocycles. The largest absolute Gasteiger partial charge is 0.493 e. The fourth-order valence-electron chi connectivity index (χ4n) is 2.50. The van der Waals surface area contributed by atoms with Gasteiger partial charge in [-0.15, -0.1) is 0 Å². The Morgan fingerprint density at radius 1 is 0.962 bits per heavy atom. The zero-order valence-corrected chi connectivity index (χ0v) is 16.3. The van der Waals surface area contributed by atoms with E-state index in [9.17, 15) is 0 Å². The Kier molecular flexibility index (Phi) is 7.47. The number of anilines is 2. The normalized spacial score (nSPS) is 10.7. The lowest BCUT2D eigenvalue weighted by Crippen LogP contribution is -2.21. The van der Waals surface area contributed by atoms with Gasteiger partial charge in [0, 0.05) is 31.4 Å². The van der Waals surface area contributed by atoms with Crippen molar-refractivity contribution in [2.45, 2.75) is 13.3 Å². The molecule has 0 aliphatic heterocycles. The first-order valence-corrected chi connectivity index (χ1v) is 8.71. The molecule has 7 nitrogen and oxygen atoms in total. The molecule has 0 saturated heterocycles. The van der Waals surface area contributed by atoms with Crippen LogP contribution in [0.4, 0.5) is 11.8 Å². The smallest absolute Gasteiger partial charge is 0.224 e. The monoisotopic (exact) mass is 359 g/mol. The van der Waals surface area contributed by atoms with Crippen LogP contribution >= 0.6 is 0 Å². The topological polar surface area (TPSA) is 71.5 Å². The predicted molar refractivity (Wildman–Crippen MR) is 106 cm³/mol. The average molecular weight is 359 g/mol. The van der Waals surface area contributed by atoms with Gasteiger partial charge in [0.15, 0.2) is 11.5 Å². The van der Waals surface area contributed by atoms with Crippen LogP contribution in [0.25, 0.3) is 0 Å². The number of aryl methyl sites for hydroxylation is 1. The van der Waals surface area contributed by atoms with Crippen LogP contribution < -0.4 is 20.1 Å². The lowest BCUT2D eigenvalue weighted by atomic mass is 10.1. The van der Waals surface area contributed by atoms with Gasteiger partial charge >= 0.3 is 0 Å². The van der Waals surface area contributed by atoms with Crippen LogP contribution in [-0.4, -0.2) is 62.8 Å². The first-order valence-electron chi connectivity index (χ1n) is 8.71. The maximum Gasteiger partial charge on any atom is 0.224 e. The molecule has 0 radical (unpaired) electrons. The van der Waals surface area contributed by atoms with Crippen LogP contribution in [0.15, 0.2) is 24.3 Å². The summed E-state index contributed by atoms with van der Waals surface area (Å²) in [6.45, 7) is 4.49. The average Bonchev–Trinajstić information content (AvgIpc) is 2.61. The van der Waals surface area contributed by atoms with Crippen LogP contribution in [0.3, 0.4) is 0 Å². The summed E-state index contributed by atoms with van der Waals surface area (Å²) in [5.74, 6) is 2.95. The van der Waals surface area contributed by atoms with E-state index in [1.54, 1.807) is 14.2 Å². The lowest BCUT2D eigenvalue weighted by Gasteiger charge is -2.13. The minimum absolute atomic E-state index is 0.637. The van der Waals surface area contributed by atoms with Gasteiger partial charge in [-0.2, -0.15) is 4.98 Å². The Labute approximate surface area is 155 Å². The molecule has 0 fully saturated rings. The zero-order chi connectivity index (χ0) is 18.9. The number of aromatic nitrogens is 2. The van der Waals surface area contributed by atoms with Crippen molar-refractivity contribution >= 4 is 11.8 Å².